The number of aryl methyl sites for hydroxylation is 1. The van der Waals surface area contributed by atoms with Gasteiger partial charge in [0.15, 0.2) is 0 Å². The molecule has 2 nitrogen and oxygen atoms in total. The zero-order valence-corrected chi connectivity index (χ0v) is 13.3. The van der Waals surface area contributed by atoms with Crippen molar-refractivity contribution in [2.75, 3.05) is 6.54 Å². The molecule has 0 unspecified atom stereocenters. The second kappa shape index (κ2) is 5.85. The van der Waals surface area contributed by atoms with Gasteiger partial charge < -0.3 is 0 Å². The quantitative estimate of drug-likeness (QED) is 0.829. The first kappa shape index (κ1) is 14.0. The molecule has 2 atom stereocenters. The Labute approximate surface area is 133 Å². The third kappa shape index (κ3) is 2.56. The third-order valence-corrected chi connectivity index (χ3v) is 5.48. The average molecular weight is 292 g/mol. The normalized spacial score (nSPS) is 25.1. The van der Waals surface area contributed by atoms with Crippen LogP contribution in [0.3, 0.4) is 0 Å². The van der Waals surface area contributed by atoms with E-state index in [0.29, 0.717) is 0 Å². The van der Waals surface area contributed by atoms with Crippen molar-refractivity contribution in [1.82, 2.24) is 9.88 Å². The van der Waals surface area contributed by atoms with Crippen LogP contribution in [0.4, 0.5) is 0 Å². The van der Waals surface area contributed by atoms with Crippen LogP contribution >= 0.6 is 0 Å². The number of hydrogen-bond donors (Lipinski definition) is 0. The summed E-state index contributed by atoms with van der Waals surface area (Å²) in [7, 11) is 0. The van der Waals surface area contributed by atoms with Crippen LogP contribution in [0.1, 0.15) is 37.3 Å². The van der Waals surface area contributed by atoms with E-state index in [1.165, 1.54) is 49.8 Å². The molecule has 1 aromatic heterocycles. The molecule has 1 aliphatic carbocycles. The summed E-state index contributed by atoms with van der Waals surface area (Å²) in [5.74, 6) is 0. The Balaban J connectivity index is 1.57. The van der Waals surface area contributed by atoms with E-state index in [4.69, 9.17) is 0 Å². The van der Waals surface area contributed by atoms with Gasteiger partial charge >= 0.3 is 0 Å². The summed E-state index contributed by atoms with van der Waals surface area (Å²) in [4.78, 5) is 6.99. The smallest absolute Gasteiger partial charge is 0.0346 e. The minimum Gasteiger partial charge on any atom is -0.297 e. The Kier molecular flexibility index (Phi) is 3.71. The van der Waals surface area contributed by atoms with Crippen molar-refractivity contribution in [1.29, 1.82) is 0 Å². The van der Waals surface area contributed by atoms with Gasteiger partial charge in [-0.15, -0.1) is 0 Å². The van der Waals surface area contributed by atoms with Crippen molar-refractivity contribution < 1.29 is 0 Å². The van der Waals surface area contributed by atoms with Crippen LogP contribution in [-0.4, -0.2) is 28.5 Å². The lowest BCUT2D eigenvalue weighted by atomic mass is 9.85. The molecule has 0 radical (unpaired) electrons. The van der Waals surface area contributed by atoms with E-state index < -0.39 is 0 Å². The molecule has 2 aliphatic rings. The average Bonchev–Trinajstić information content (AvgIpc) is 3.01. The van der Waals surface area contributed by atoms with Gasteiger partial charge in [0.05, 0.1) is 0 Å². The van der Waals surface area contributed by atoms with Crippen LogP contribution in [0.5, 0.6) is 0 Å². The fourth-order valence-corrected chi connectivity index (χ4v) is 4.23. The first-order chi connectivity index (χ1) is 10.8. The summed E-state index contributed by atoms with van der Waals surface area (Å²) in [6.07, 6.45) is 10.3. The molecule has 0 saturated carbocycles. The largest absolute Gasteiger partial charge is 0.297 e. The van der Waals surface area contributed by atoms with Crippen molar-refractivity contribution in [3.8, 4) is 11.1 Å². The summed E-state index contributed by atoms with van der Waals surface area (Å²) < 4.78 is 0. The van der Waals surface area contributed by atoms with Gasteiger partial charge in [-0.2, -0.15) is 0 Å². The highest BCUT2D eigenvalue weighted by Crippen LogP contribution is 2.31. The van der Waals surface area contributed by atoms with E-state index in [2.05, 4.69) is 41.1 Å². The lowest BCUT2D eigenvalue weighted by molar-refractivity contribution is 0.174. The molecular weight excluding hydrogens is 268 g/mol. The van der Waals surface area contributed by atoms with Crippen LogP contribution in [0.15, 0.2) is 42.7 Å². The van der Waals surface area contributed by atoms with Crippen molar-refractivity contribution in [2.24, 2.45) is 0 Å². The van der Waals surface area contributed by atoms with Crippen molar-refractivity contribution >= 4 is 0 Å². The Morgan fingerprint density at radius 2 is 2.05 bits per heavy atom. The summed E-state index contributed by atoms with van der Waals surface area (Å²) in [5, 5.41) is 0. The van der Waals surface area contributed by atoms with E-state index in [1.54, 1.807) is 11.1 Å². The number of benzene rings is 1. The first-order valence-corrected chi connectivity index (χ1v) is 8.59. The molecule has 0 bridgehead atoms. The fourth-order valence-electron chi connectivity index (χ4n) is 4.23. The molecule has 1 saturated heterocycles. The van der Waals surface area contributed by atoms with Gasteiger partial charge in [-0.05, 0) is 73.9 Å². The summed E-state index contributed by atoms with van der Waals surface area (Å²) >= 11 is 0. The van der Waals surface area contributed by atoms with Crippen LogP contribution in [0.25, 0.3) is 11.1 Å². The summed E-state index contributed by atoms with van der Waals surface area (Å²) in [6.45, 7) is 3.70. The molecule has 1 aromatic carbocycles. The van der Waals surface area contributed by atoms with Crippen LogP contribution < -0.4 is 0 Å². The molecule has 22 heavy (non-hydrogen) atoms. The maximum Gasteiger partial charge on any atom is 0.0346 e. The van der Waals surface area contributed by atoms with E-state index in [1.807, 2.05) is 18.5 Å². The number of aromatic nitrogens is 1. The number of fused-ring (bicyclic) bond motifs is 1. The van der Waals surface area contributed by atoms with Crippen LogP contribution in [0.2, 0.25) is 0 Å². The highest BCUT2D eigenvalue weighted by atomic mass is 15.2. The minimum atomic E-state index is 0.759. The molecule has 2 heterocycles. The van der Waals surface area contributed by atoms with Gasteiger partial charge in [0.25, 0.3) is 0 Å². The maximum atomic E-state index is 4.24. The molecule has 4 rings (SSSR count). The Morgan fingerprint density at radius 1 is 1.09 bits per heavy atom. The van der Waals surface area contributed by atoms with Gasteiger partial charge in [0, 0.05) is 24.5 Å². The first-order valence-electron chi connectivity index (χ1n) is 8.59. The Bertz CT molecular complexity index is 650. The second-order valence-corrected chi connectivity index (χ2v) is 6.85. The molecule has 0 N–H and O–H groups in total. The highest BCUT2D eigenvalue weighted by molar-refractivity contribution is 5.64. The van der Waals surface area contributed by atoms with Crippen LogP contribution in [-0.2, 0) is 12.8 Å². The number of rotatable bonds is 2. The fraction of sp³-hybridized carbons (Fsp3) is 0.450. The van der Waals surface area contributed by atoms with Gasteiger partial charge in [-0.3, -0.25) is 9.88 Å². The predicted octanol–water partition coefficient (Wildman–Crippen LogP) is 4.09. The molecular formula is C20H24N2. The summed E-state index contributed by atoms with van der Waals surface area (Å²) in [6, 6.07) is 12.7. The second-order valence-electron chi connectivity index (χ2n) is 6.85. The maximum absolute atomic E-state index is 4.24. The molecule has 1 fully saturated rings. The van der Waals surface area contributed by atoms with Gasteiger partial charge in [0.2, 0.25) is 0 Å². The SMILES string of the molecule is C[C@@H]1CCCN1[C@@H]1CCc2cc(-c3cccnc3)ccc2C1. The zero-order valence-electron chi connectivity index (χ0n) is 13.3. The zero-order chi connectivity index (χ0) is 14.9. The number of nitrogens with zero attached hydrogens (tertiary/aromatic N) is 2. The van der Waals surface area contributed by atoms with E-state index in [-0.39, 0.29) is 0 Å². The molecule has 1 aliphatic heterocycles. The van der Waals surface area contributed by atoms with Gasteiger partial charge in [-0.25, -0.2) is 0 Å². The van der Waals surface area contributed by atoms with E-state index in [9.17, 15) is 0 Å². The molecule has 2 aromatic rings. The van der Waals surface area contributed by atoms with Gasteiger partial charge in [0.1, 0.15) is 0 Å². The molecule has 2 heteroatoms. The number of pyridine rings is 1. The Hall–Kier alpha value is -1.67. The predicted molar refractivity (Wildman–Crippen MR) is 90.9 cm³/mol. The lowest BCUT2D eigenvalue weighted by Gasteiger charge is -2.35. The molecule has 0 amide bonds. The van der Waals surface area contributed by atoms with Crippen molar-refractivity contribution in [2.45, 2.75) is 51.1 Å². The topological polar surface area (TPSA) is 16.1 Å². The summed E-state index contributed by atoms with van der Waals surface area (Å²) in [5.41, 5.74) is 5.63. The van der Waals surface area contributed by atoms with Crippen molar-refractivity contribution in [3.05, 3.63) is 53.9 Å². The van der Waals surface area contributed by atoms with Crippen LogP contribution in [0, 0.1) is 0 Å². The highest BCUT2D eigenvalue weighted by Gasteiger charge is 2.30. The van der Waals surface area contributed by atoms with Crippen molar-refractivity contribution in [3.63, 3.8) is 0 Å². The standard InChI is InChI=1S/C20H24N2/c1-15-4-3-11-22(15)20-9-8-16-12-17(6-7-18(16)13-20)19-5-2-10-21-14-19/h2,5-7,10,12,14-15,20H,3-4,8-9,11,13H2,1H3/t15-,20-/m1/s1. The Morgan fingerprint density at radius 3 is 2.82 bits per heavy atom. The number of likely N-dealkylation sites (tertiary alicyclic amines) is 1. The molecule has 114 valence electrons. The third-order valence-electron chi connectivity index (χ3n) is 5.48. The van der Waals surface area contributed by atoms with E-state index in [0.717, 1.165) is 12.1 Å². The monoisotopic (exact) mass is 292 g/mol. The van der Waals surface area contributed by atoms with E-state index >= 15 is 0 Å². The lowest BCUT2D eigenvalue weighted by Crippen LogP contribution is -2.41. The van der Waals surface area contributed by atoms with Gasteiger partial charge in [-0.1, -0.05) is 24.3 Å². The molecule has 0 spiro atoms. The minimum absolute atomic E-state index is 0.759. The number of hydrogen-bond acceptors (Lipinski definition) is 2.